The predicted octanol–water partition coefficient (Wildman–Crippen LogP) is 7.93. The van der Waals surface area contributed by atoms with E-state index in [9.17, 15) is 4.79 Å². The summed E-state index contributed by atoms with van der Waals surface area (Å²) in [7, 11) is 0. The highest BCUT2D eigenvalue weighted by Gasteiger charge is 2.24. The Hall–Kier alpha value is -3.62. The maximum absolute atomic E-state index is 12.6. The fourth-order valence-corrected chi connectivity index (χ4v) is 4.98. The molecule has 0 saturated carbocycles. The number of carbonyl (C=O) groups excluding carboxylic acids is 1. The average Bonchev–Trinajstić information content (AvgIpc) is 3.29. The molecule has 4 aromatic rings. The van der Waals surface area contributed by atoms with Gasteiger partial charge >= 0.3 is 5.97 Å². The quantitative estimate of drug-likeness (QED) is 0.112. The summed E-state index contributed by atoms with van der Waals surface area (Å²) in [5.74, 6) is 0.995. The molecule has 0 fully saturated rings. The molecule has 5 nitrogen and oxygen atoms in total. The minimum Gasteiger partial charge on any atom is -0.490 e. The number of halogens is 2. The van der Waals surface area contributed by atoms with Crippen LogP contribution in [0.3, 0.4) is 0 Å². The molecule has 7 heteroatoms. The molecule has 0 bridgehead atoms. The fourth-order valence-electron chi connectivity index (χ4n) is 3.98. The fraction of sp³-hybridized carbons (Fsp3) is 0.0968. The molecule has 0 unspecified atom stereocenters. The second-order valence-electron chi connectivity index (χ2n) is 8.46. The van der Waals surface area contributed by atoms with Crippen LogP contribution < -0.4 is 9.47 Å². The third-order valence-electron chi connectivity index (χ3n) is 5.77. The molecule has 0 aromatic heterocycles. The molecule has 0 N–H and O–H groups in total. The lowest BCUT2D eigenvalue weighted by atomic mass is 10.0. The van der Waals surface area contributed by atoms with Crippen LogP contribution >= 0.6 is 34.2 Å². The van der Waals surface area contributed by atoms with Gasteiger partial charge in [0.25, 0.3) is 0 Å². The Bertz CT molecular complexity index is 1530. The van der Waals surface area contributed by atoms with Gasteiger partial charge in [-0.25, -0.2) is 9.79 Å². The van der Waals surface area contributed by atoms with E-state index >= 15 is 0 Å². The van der Waals surface area contributed by atoms with E-state index in [1.54, 1.807) is 6.08 Å². The van der Waals surface area contributed by atoms with Crippen molar-refractivity contribution in [2.75, 3.05) is 6.61 Å². The van der Waals surface area contributed by atoms with E-state index in [1.807, 2.05) is 85.8 Å². The monoisotopic (exact) mass is 635 g/mol. The van der Waals surface area contributed by atoms with E-state index in [4.69, 9.17) is 25.8 Å². The zero-order valence-corrected chi connectivity index (χ0v) is 23.4. The van der Waals surface area contributed by atoms with Crippen LogP contribution in [-0.2, 0) is 16.1 Å². The summed E-state index contributed by atoms with van der Waals surface area (Å²) in [6.07, 6.45) is 1.69. The van der Waals surface area contributed by atoms with Crippen LogP contribution in [0.5, 0.6) is 11.5 Å². The van der Waals surface area contributed by atoms with Crippen LogP contribution in [0.1, 0.15) is 23.6 Å². The minimum atomic E-state index is -0.499. The number of hydrogen-bond donors (Lipinski definition) is 0. The maximum Gasteiger partial charge on any atom is 0.363 e. The molecule has 0 aliphatic carbocycles. The number of rotatable bonds is 8. The number of cyclic esters (lactones) is 1. The highest BCUT2D eigenvalue weighted by molar-refractivity contribution is 14.1. The number of esters is 1. The Morgan fingerprint density at radius 2 is 1.63 bits per heavy atom. The summed E-state index contributed by atoms with van der Waals surface area (Å²) in [6.45, 7) is 2.72. The van der Waals surface area contributed by atoms with Crippen molar-refractivity contribution in [3.05, 3.63) is 122 Å². The molecule has 190 valence electrons. The lowest BCUT2D eigenvalue weighted by Crippen LogP contribution is -2.05. The van der Waals surface area contributed by atoms with Crippen molar-refractivity contribution < 1.29 is 19.0 Å². The molecule has 1 aliphatic heterocycles. The van der Waals surface area contributed by atoms with Crippen molar-refractivity contribution in [3.63, 3.8) is 0 Å². The smallest absolute Gasteiger partial charge is 0.363 e. The average molecular weight is 636 g/mol. The van der Waals surface area contributed by atoms with Gasteiger partial charge in [-0.1, -0.05) is 66.2 Å². The third-order valence-corrected chi connectivity index (χ3v) is 6.80. The number of benzene rings is 4. The SMILES string of the molecule is CCOc1cc(/C=C2\N=C(c3ccc(-c4ccccc4)cc3)OC2=O)cc(I)c1OCc1cccc(Cl)c1. The third kappa shape index (κ3) is 6.09. The van der Waals surface area contributed by atoms with Gasteiger partial charge in [0.15, 0.2) is 17.2 Å². The molecule has 5 rings (SSSR count). The number of nitrogens with zero attached hydrogens (tertiary/aromatic N) is 1. The molecule has 4 aromatic carbocycles. The Kier molecular flexibility index (Phi) is 8.10. The van der Waals surface area contributed by atoms with Crippen LogP contribution in [0.15, 0.2) is 102 Å². The predicted molar refractivity (Wildman–Crippen MR) is 159 cm³/mol. The maximum atomic E-state index is 12.6. The zero-order chi connectivity index (χ0) is 26.5. The number of hydrogen-bond acceptors (Lipinski definition) is 5. The minimum absolute atomic E-state index is 0.220. The normalized spacial score (nSPS) is 13.8. The van der Waals surface area contributed by atoms with Gasteiger partial charge in [0.05, 0.1) is 10.2 Å². The van der Waals surface area contributed by atoms with Gasteiger partial charge in [-0.15, -0.1) is 0 Å². The van der Waals surface area contributed by atoms with E-state index in [-0.39, 0.29) is 11.6 Å². The second-order valence-corrected chi connectivity index (χ2v) is 10.1. The van der Waals surface area contributed by atoms with E-state index in [2.05, 4.69) is 39.7 Å². The first-order chi connectivity index (χ1) is 18.5. The molecule has 0 saturated heterocycles. The van der Waals surface area contributed by atoms with E-state index < -0.39 is 5.97 Å². The van der Waals surface area contributed by atoms with E-state index in [1.165, 1.54) is 0 Å². The molecule has 38 heavy (non-hydrogen) atoms. The first-order valence-corrected chi connectivity index (χ1v) is 13.5. The van der Waals surface area contributed by atoms with Gasteiger partial charge in [0.2, 0.25) is 5.90 Å². The van der Waals surface area contributed by atoms with Crippen LogP contribution in [0.4, 0.5) is 0 Å². The van der Waals surface area contributed by atoms with Crippen LogP contribution in [-0.4, -0.2) is 18.5 Å². The summed E-state index contributed by atoms with van der Waals surface area (Å²) in [6, 6.07) is 29.1. The molecular weight excluding hydrogens is 613 g/mol. The molecule has 1 aliphatic rings. The summed E-state index contributed by atoms with van der Waals surface area (Å²) in [4.78, 5) is 17.1. The van der Waals surface area contributed by atoms with Gasteiger partial charge in [-0.05, 0) is 94.2 Å². The molecule has 0 atom stereocenters. The Morgan fingerprint density at radius 3 is 2.37 bits per heavy atom. The van der Waals surface area contributed by atoms with Gasteiger partial charge in [0, 0.05) is 10.6 Å². The summed E-state index contributed by atoms with van der Waals surface area (Å²) in [5, 5.41) is 0.656. The first kappa shape index (κ1) is 26.0. The van der Waals surface area contributed by atoms with Gasteiger partial charge in [-0.3, -0.25) is 0 Å². The Balaban J connectivity index is 1.38. The van der Waals surface area contributed by atoms with E-state index in [0.717, 1.165) is 31.4 Å². The van der Waals surface area contributed by atoms with Crippen molar-refractivity contribution in [2.24, 2.45) is 4.99 Å². The van der Waals surface area contributed by atoms with Crippen molar-refractivity contribution in [1.82, 2.24) is 0 Å². The van der Waals surface area contributed by atoms with Crippen LogP contribution in [0.25, 0.3) is 17.2 Å². The summed E-state index contributed by atoms with van der Waals surface area (Å²) >= 11 is 8.30. The number of ether oxygens (including phenoxy) is 3. The van der Waals surface area contributed by atoms with Crippen molar-refractivity contribution in [1.29, 1.82) is 0 Å². The molecule has 0 amide bonds. The number of aliphatic imine (C=N–C) groups is 1. The van der Waals surface area contributed by atoms with Gasteiger partial charge in [-0.2, -0.15) is 0 Å². The standard InChI is InChI=1S/C31H23ClINO4/c1-2-36-28-18-21(16-26(33)29(28)37-19-20-7-6-10-25(32)15-20)17-27-31(35)38-30(34-27)24-13-11-23(12-14-24)22-8-4-3-5-9-22/h3-18H,2,19H2,1H3/b27-17-. The largest absolute Gasteiger partial charge is 0.490 e. The Morgan fingerprint density at radius 1 is 0.895 bits per heavy atom. The molecule has 1 heterocycles. The van der Waals surface area contributed by atoms with Crippen LogP contribution in [0, 0.1) is 3.57 Å². The lowest BCUT2D eigenvalue weighted by Gasteiger charge is -2.15. The summed E-state index contributed by atoms with van der Waals surface area (Å²) in [5.41, 5.74) is 4.85. The van der Waals surface area contributed by atoms with Crippen LogP contribution in [0.2, 0.25) is 5.02 Å². The second kappa shape index (κ2) is 11.8. The summed E-state index contributed by atoms with van der Waals surface area (Å²) < 4.78 is 18.3. The number of carbonyl (C=O) groups is 1. The van der Waals surface area contributed by atoms with Crippen molar-refractivity contribution in [2.45, 2.75) is 13.5 Å². The van der Waals surface area contributed by atoms with E-state index in [0.29, 0.717) is 29.7 Å². The zero-order valence-electron chi connectivity index (χ0n) is 20.5. The Labute approximate surface area is 239 Å². The molecular formula is C31H23ClINO4. The lowest BCUT2D eigenvalue weighted by molar-refractivity contribution is -0.129. The molecule has 0 spiro atoms. The highest BCUT2D eigenvalue weighted by Crippen LogP contribution is 2.36. The van der Waals surface area contributed by atoms with Gasteiger partial charge < -0.3 is 14.2 Å². The molecule has 0 radical (unpaired) electrons. The van der Waals surface area contributed by atoms with Gasteiger partial charge in [0.1, 0.15) is 6.61 Å². The van der Waals surface area contributed by atoms with Crippen molar-refractivity contribution in [3.8, 4) is 22.6 Å². The highest BCUT2D eigenvalue weighted by atomic mass is 127. The van der Waals surface area contributed by atoms with Crippen molar-refractivity contribution >= 4 is 52.1 Å². The first-order valence-electron chi connectivity index (χ1n) is 12.0. The topological polar surface area (TPSA) is 57.1 Å².